The molecular weight excluding hydrogens is 1020 g/mol. The summed E-state index contributed by atoms with van der Waals surface area (Å²) in [4.78, 5) is 38.4. The minimum Gasteiger partial charge on any atom is -0.462 e. The summed E-state index contributed by atoms with van der Waals surface area (Å²) in [7, 11) is 0. The second kappa shape index (κ2) is 69.8. The summed E-state index contributed by atoms with van der Waals surface area (Å²) in [5.74, 6) is -1.05. The van der Waals surface area contributed by atoms with Crippen LogP contribution in [-0.4, -0.2) is 37.2 Å². The molecule has 6 nitrogen and oxygen atoms in total. The van der Waals surface area contributed by atoms with E-state index in [1.54, 1.807) is 6.08 Å². The molecule has 83 heavy (non-hydrogen) atoms. The SMILES string of the molecule is CC/C=C\C/C=C\C/C=C\C/C=C\C/C=C\CC(=O)OCC(COC(=O)CCCCCCCCCCCCCC/C=C\C/C=C\C/C=C\C/C=C\CC)OC(=O)CCCCCCCCCCCC/C=C\C/C=C\C/C=C\CCCCCCC. The van der Waals surface area contributed by atoms with Gasteiger partial charge in [-0.05, 0) is 122 Å². The predicted molar refractivity (Wildman–Crippen MR) is 362 cm³/mol. The third-order valence-electron chi connectivity index (χ3n) is 14.3. The molecule has 0 aromatic rings. The number of rotatable bonds is 61. The Bertz CT molecular complexity index is 1800. The Hall–Kier alpha value is -4.71. The molecule has 0 radical (unpaired) electrons. The molecule has 470 valence electrons. The van der Waals surface area contributed by atoms with Crippen LogP contribution in [0.25, 0.3) is 0 Å². The molecule has 1 atom stereocenters. The summed E-state index contributed by atoms with van der Waals surface area (Å²) in [6.45, 7) is 6.33. The van der Waals surface area contributed by atoms with Gasteiger partial charge in [-0.25, -0.2) is 0 Å². The molecule has 0 aliphatic heterocycles. The van der Waals surface area contributed by atoms with Gasteiger partial charge < -0.3 is 14.2 Å². The number of esters is 3. The van der Waals surface area contributed by atoms with Crippen molar-refractivity contribution < 1.29 is 28.6 Å². The van der Waals surface area contributed by atoms with Crippen LogP contribution in [0.4, 0.5) is 0 Å². The molecule has 0 amide bonds. The molecule has 0 bridgehead atoms. The molecule has 0 fully saturated rings. The number of hydrogen-bond acceptors (Lipinski definition) is 6. The quantitative estimate of drug-likeness (QED) is 0.0261. The molecule has 1 unspecified atom stereocenters. The number of allylic oxidation sites excluding steroid dienone is 23. The van der Waals surface area contributed by atoms with E-state index < -0.39 is 12.1 Å². The van der Waals surface area contributed by atoms with Gasteiger partial charge in [0.1, 0.15) is 13.2 Å². The van der Waals surface area contributed by atoms with Crippen LogP contribution >= 0.6 is 0 Å². The average Bonchev–Trinajstić information content (AvgIpc) is 3.49. The molecule has 0 heterocycles. The maximum atomic E-state index is 13.0. The Balaban J connectivity index is 4.42. The van der Waals surface area contributed by atoms with Crippen molar-refractivity contribution in [1.82, 2.24) is 0 Å². The van der Waals surface area contributed by atoms with Crippen molar-refractivity contribution in [2.24, 2.45) is 0 Å². The van der Waals surface area contributed by atoms with Crippen LogP contribution in [-0.2, 0) is 28.6 Å². The Morgan fingerprint density at radius 1 is 0.265 bits per heavy atom. The van der Waals surface area contributed by atoms with Crippen LogP contribution in [0.1, 0.15) is 303 Å². The zero-order chi connectivity index (χ0) is 59.9. The Labute approximate surface area is 512 Å². The summed E-state index contributed by atoms with van der Waals surface area (Å²) >= 11 is 0. The third kappa shape index (κ3) is 68.0. The highest BCUT2D eigenvalue weighted by Crippen LogP contribution is 2.16. The van der Waals surface area contributed by atoms with Crippen LogP contribution in [0.5, 0.6) is 0 Å². The lowest BCUT2D eigenvalue weighted by atomic mass is 10.0. The van der Waals surface area contributed by atoms with E-state index in [4.69, 9.17) is 14.2 Å². The van der Waals surface area contributed by atoms with E-state index in [9.17, 15) is 14.4 Å². The molecule has 0 aliphatic carbocycles. The van der Waals surface area contributed by atoms with E-state index in [1.807, 2.05) is 6.08 Å². The van der Waals surface area contributed by atoms with Gasteiger partial charge in [0, 0.05) is 12.8 Å². The molecule has 0 aliphatic rings. The van der Waals surface area contributed by atoms with Crippen molar-refractivity contribution in [3.8, 4) is 0 Å². The molecule has 0 rings (SSSR count). The summed E-state index contributed by atoms with van der Waals surface area (Å²) in [5.41, 5.74) is 0. The molecule has 0 aromatic heterocycles. The van der Waals surface area contributed by atoms with Gasteiger partial charge in [-0.15, -0.1) is 0 Å². The van der Waals surface area contributed by atoms with Gasteiger partial charge in [0.2, 0.25) is 0 Å². The molecule has 6 heteroatoms. The highest BCUT2D eigenvalue weighted by Gasteiger charge is 2.19. The van der Waals surface area contributed by atoms with Crippen molar-refractivity contribution >= 4 is 17.9 Å². The fraction of sp³-hybridized carbons (Fsp3) is 0.649. The van der Waals surface area contributed by atoms with Gasteiger partial charge in [-0.2, -0.15) is 0 Å². The number of carbonyl (C=O) groups excluding carboxylic acids is 3. The fourth-order valence-corrected chi connectivity index (χ4v) is 9.28. The zero-order valence-corrected chi connectivity index (χ0v) is 53.9. The van der Waals surface area contributed by atoms with Crippen LogP contribution < -0.4 is 0 Å². The second-order valence-electron chi connectivity index (χ2n) is 22.3. The minimum absolute atomic E-state index is 0.114. The van der Waals surface area contributed by atoms with Crippen molar-refractivity contribution in [2.45, 2.75) is 309 Å². The largest absolute Gasteiger partial charge is 0.462 e. The summed E-state index contributed by atoms with van der Waals surface area (Å²) < 4.78 is 16.9. The maximum Gasteiger partial charge on any atom is 0.309 e. The average molecular weight is 1150 g/mol. The van der Waals surface area contributed by atoms with Crippen molar-refractivity contribution in [3.05, 3.63) is 146 Å². The van der Waals surface area contributed by atoms with Crippen molar-refractivity contribution in [1.29, 1.82) is 0 Å². The third-order valence-corrected chi connectivity index (χ3v) is 14.3. The lowest BCUT2D eigenvalue weighted by Gasteiger charge is -2.18. The number of hydrogen-bond donors (Lipinski definition) is 0. The van der Waals surface area contributed by atoms with Gasteiger partial charge in [0.05, 0.1) is 6.42 Å². The van der Waals surface area contributed by atoms with E-state index in [1.165, 1.54) is 154 Å². The first-order valence-electron chi connectivity index (χ1n) is 34.3. The Kier molecular flexibility index (Phi) is 65.8. The van der Waals surface area contributed by atoms with E-state index in [-0.39, 0.29) is 31.6 Å². The van der Waals surface area contributed by atoms with Gasteiger partial charge in [0.25, 0.3) is 0 Å². The standard InChI is InChI=1S/C77H126O6/c1-4-7-10-13-16-19-22-25-28-30-32-34-36-38-40-42-44-46-49-52-55-58-61-64-67-70-76(79)82-73-74(72-81-75(78)69-66-63-60-57-54-51-48-27-24-21-18-15-12-9-6-3)83-77(80)71-68-65-62-59-56-53-50-47-45-43-41-39-37-35-33-31-29-26-23-20-17-14-11-8-5-2/h7,9-10,12,16,18-19,21,23,25-28,31-34,37,39,48,54,57,63,66,74H,4-6,8,11,13-15,17,20,22,24,29-30,35-36,38,40-47,49-53,55-56,58-62,64-65,67-73H2,1-3H3/b10-7-,12-9-,19-16-,21-18-,26-23-,28-25-,33-31-,34-32-,39-37-,48-27-,57-54-,66-63-. The molecule has 0 aromatic carbocycles. The monoisotopic (exact) mass is 1150 g/mol. The highest BCUT2D eigenvalue weighted by atomic mass is 16.6. The normalized spacial score (nSPS) is 13.0. The van der Waals surface area contributed by atoms with Gasteiger partial charge in [0.15, 0.2) is 6.10 Å². The van der Waals surface area contributed by atoms with Crippen LogP contribution in [0.3, 0.4) is 0 Å². The summed E-state index contributed by atoms with van der Waals surface area (Å²) in [6, 6.07) is 0. The summed E-state index contributed by atoms with van der Waals surface area (Å²) in [6.07, 6.45) is 100. The first kappa shape index (κ1) is 78.3. The maximum absolute atomic E-state index is 13.0. The second-order valence-corrected chi connectivity index (χ2v) is 22.3. The Morgan fingerprint density at radius 3 is 0.843 bits per heavy atom. The van der Waals surface area contributed by atoms with Crippen LogP contribution in [0, 0.1) is 0 Å². The molecule has 0 spiro atoms. The number of ether oxygens (including phenoxy) is 3. The van der Waals surface area contributed by atoms with Crippen LogP contribution in [0.2, 0.25) is 0 Å². The molecular formula is C77H126O6. The zero-order valence-electron chi connectivity index (χ0n) is 53.9. The lowest BCUT2D eigenvalue weighted by molar-refractivity contribution is -0.166. The smallest absolute Gasteiger partial charge is 0.309 e. The van der Waals surface area contributed by atoms with E-state index >= 15 is 0 Å². The number of carbonyl (C=O) groups is 3. The Morgan fingerprint density at radius 2 is 0.518 bits per heavy atom. The van der Waals surface area contributed by atoms with E-state index in [0.717, 1.165) is 109 Å². The molecule has 0 saturated heterocycles. The first-order valence-corrected chi connectivity index (χ1v) is 34.3. The first-order chi connectivity index (χ1) is 41.0. The van der Waals surface area contributed by atoms with Gasteiger partial charge in [-0.1, -0.05) is 308 Å². The predicted octanol–water partition coefficient (Wildman–Crippen LogP) is 23.9. The van der Waals surface area contributed by atoms with Gasteiger partial charge in [-0.3, -0.25) is 14.4 Å². The lowest BCUT2D eigenvalue weighted by Crippen LogP contribution is -2.30. The highest BCUT2D eigenvalue weighted by molar-refractivity contribution is 5.72. The summed E-state index contributed by atoms with van der Waals surface area (Å²) in [5, 5.41) is 0. The van der Waals surface area contributed by atoms with Crippen molar-refractivity contribution in [3.63, 3.8) is 0 Å². The number of unbranched alkanes of at least 4 members (excludes halogenated alkanes) is 27. The van der Waals surface area contributed by atoms with E-state index in [2.05, 4.69) is 154 Å². The topological polar surface area (TPSA) is 78.9 Å². The van der Waals surface area contributed by atoms with E-state index in [0.29, 0.717) is 12.8 Å². The van der Waals surface area contributed by atoms with Crippen molar-refractivity contribution in [2.75, 3.05) is 13.2 Å². The molecule has 0 N–H and O–H groups in total. The minimum atomic E-state index is -0.829. The fourth-order valence-electron chi connectivity index (χ4n) is 9.28. The van der Waals surface area contributed by atoms with Gasteiger partial charge >= 0.3 is 17.9 Å². The van der Waals surface area contributed by atoms with Crippen LogP contribution in [0.15, 0.2) is 146 Å². The molecule has 0 saturated carbocycles.